The van der Waals surface area contributed by atoms with Gasteiger partial charge in [0.1, 0.15) is 17.1 Å². The Morgan fingerprint density at radius 2 is 2.06 bits per heavy atom. The number of halogens is 1. The van der Waals surface area contributed by atoms with Gasteiger partial charge >= 0.3 is 0 Å². The lowest BCUT2D eigenvalue weighted by Gasteiger charge is -2.20. The fraction of sp³-hybridized carbons (Fsp3) is 0.818. The van der Waals surface area contributed by atoms with Crippen LogP contribution in [0.15, 0.2) is 10.4 Å². The van der Waals surface area contributed by atoms with Crippen molar-refractivity contribution in [3.8, 4) is 0 Å². The van der Waals surface area contributed by atoms with Crippen molar-refractivity contribution in [2.24, 2.45) is 0 Å². The molecule has 0 atom stereocenters. The molecule has 3 nitrogen and oxygen atoms in total. The van der Waals surface area contributed by atoms with Gasteiger partial charge in [-0.2, -0.15) is 0 Å². The van der Waals surface area contributed by atoms with E-state index in [4.69, 9.17) is 9.47 Å². The number of ether oxygens (including phenoxy) is 2. The molecule has 0 unspecified atom stereocenters. The fourth-order valence-electron chi connectivity index (χ4n) is 1.47. The molecule has 1 heterocycles. The van der Waals surface area contributed by atoms with Crippen LogP contribution in [0.1, 0.15) is 6.42 Å². The van der Waals surface area contributed by atoms with Crippen molar-refractivity contribution in [2.75, 3.05) is 27.0 Å². The third-order valence-electron chi connectivity index (χ3n) is 2.61. The molecule has 0 aliphatic carbocycles. The maximum Gasteiger partial charge on any atom is 0.128 e. The van der Waals surface area contributed by atoms with Gasteiger partial charge in [-0.3, -0.25) is 0 Å². The van der Waals surface area contributed by atoms with Crippen LogP contribution in [0.25, 0.3) is 0 Å². The molecule has 0 radical (unpaired) electrons. The smallest absolute Gasteiger partial charge is 0.128 e. The third kappa shape index (κ3) is 4.47. The van der Waals surface area contributed by atoms with Crippen LogP contribution in [-0.2, 0) is 9.47 Å². The fourth-order valence-corrected chi connectivity index (χ4v) is 2.87. The summed E-state index contributed by atoms with van der Waals surface area (Å²) in [4.78, 5) is 2.17. The van der Waals surface area contributed by atoms with Crippen molar-refractivity contribution < 1.29 is 9.47 Å². The molecule has 94 valence electrons. The van der Waals surface area contributed by atoms with E-state index in [2.05, 4.69) is 40.5 Å². The van der Waals surface area contributed by atoms with Crippen LogP contribution < -0.4 is 0 Å². The molecular formula is C11H22BrNO2Si. The van der Waals surface area contributed by atoms with Gasteiger partial charge in [0.25, 0.3) is 0 Å². The van der Waals surface area contributed by atoms with Gasteiger partial charge in [0.2, 0.25) is 0 Å². The average Bonchev–Trinajstić information content (AvgIpc) is 2.53. The molecule has 1 aliphatic heterocycles. The Morgan fingerprint density at radius 1 is 1.38 bits per heavy atom. The van der Waals surface area contributed by atoms with Gasteiger partial charge in [-0.15, -0.1) is 0 Å². The summed E-state index contributed by atoms with van der Waals surface area (Å²) in [5.41, 5.74) is 0. The minimum absolute atomic E-state index is 0.665. The Labute approximate surface area is 108 Å². The number of hydrogen-bond donors (Lipinski definition) is 0. The summed E-state index contributed by atoms with van der Waals surface area (Å²) in [6, 6.07) is 1.22. The standard InChI is InChI=1S/C11H22BrNO2Si/c1-14-10-5-6-13(11(10)12)9-15-7-8-16(2,3)4/h5-9H2,1-4H3. The van der Waals surface area contributed by atoms with Gasteiger partial charge in [0.15, 0.2) is 0 Å². The summed E-state index contributed by atoms with van der Waals surface area (Å²) in [6.07, 6.45) is 0.967. The van der Waals surface area contributed by atoms with Crippen LogP contribution in [0.3, 0.4) is 0 Å². The molecule has 0 aromatic rings. The molecule has 0 amide bonds. The second kappa shape index (κ2) is 6.07. The van der Waals surface area contributed by atoms with Gasteiger partial charge in [-0.25, -0.2) is 0 Å². The van der Waals surface area contributed by atoms with Crippen molar-refractivity contribution in [1.29, 1.82) is 0 Å². The summed E-state index contributed by atoms with van der Waals surface area (Å²) >= 11 is 3.53. The van der Waals surface area contributed by atoms with E-state index in [0.717, 1.165) is 29.9 Å². The van der Waals surface area contributed by atoms with Crippen LogP contribution in [0, 0.1) is 0 Å². The molecule has 0 saturated carbocycles. The van der Waals surface area contributed by atoms with Crippen molar-refractivity contribution >= 4 is 24.0 Å². The lowest BCUT2D eigenvalue weighted by Crippen LogP contribution is -2.25. The van der Waals surface area contributed by atoms with E-state index in [1.165, 1.54) is 6.04 Å². The Kier molecular flexibility index (Phi) is 5.34. The van der Waals surface area contributed by atoms with E-state index >= 15 is 0 Å². The number of hydrogen-bond acceptors (Lipinski definition) is 3. The zero-order valence-corrected chi connectivity index (χ0v) is 13.3. The van der Waals surface area contributed by atoms with E-state index in [1.54, 1.807) is 7.11 Å². The van der Waals surface area contributed by atoms with E-state index in [1.807, 2.05) is 0 Å². The molecule has 0 bridgehead atoms. The summed E-state index contributed by atoms with van der Waals surface area (Å²) in [7, 11) is 0.751. The Hall–Kier alpha value is -0.00312. The van der Waals surface area contributed by atoms with Gasteiger partial charge in [-0.05, 0) is 22.0 Å². The maximum absolute atomic E-state index is 5.70. The Morgan fingerprint density at radius 3 is 2.56 bits per heavy atom. The minimum Gasteiger partial charge on any atom is -0.498 e. The average molecular weight is 308 g/mol. The van der Waals surface area contributed by atoms with Crippen LogP contribution in [0.5, 0.6) is 0 Å². The number of rotatable bonds is 6. The molecule has 0 aromatic heterocycles. The van der Waals surface area contributed by atoms with Gasteiger partial charge < -0.3 is 14.4 Å². The van der Waals surface area contributed by atoms with Crippen LogP contribution in [0.4, 0.5) is 0 Å². The molecule has 5 heteroatoms. The highest BCUT2D eigenvalue weighted by Gasteiger charge is 2.21. The van der Waals surface area contributed by atoms with Crippen molar-refractivity contribution in [2.45, 2.75) is 32.1 Å². The SMILES string of the molecule is COC1=C(Br)N(COCC[Si](C)(C)C)CC1. The Bertz CT molecular complexity index is 263. The highest BCUT2D eigenvalue weighted by Crippen LogP contribution is 2.27. The molecule has 1 rings (SSSR count). The highest BCUT2D eigenvalue weighted by atomic mass is 79.9. The first kappa shape index (κ1) is 14.1. The lowest BCUT2D eigenvalue weighted by molar-refractivity contribution is 0.0653. The summed E-state index contributed by atoms with van der Waals surface area (Å²) in [6.45, 7) is 9.62. The minimum atomic E-state index is -0.963. The van der Waals surface area contributed by atoms with E-state index < -0.39 is 8.07 Å². The summed E-state index contributed by atoms with van der Waals surface area (Å²) in [5, 5.41) is 0. The maximum atomic E-state index is 5.70. The van der Waals surface area contributed by atoms with Gasteiger partial charge in [-0.1, -0.05) is 19.6 Å². The number of methoxy groups -OCH3 is 1. The first-order valence-corrected chi connectivity index (χ1v) is 10.2. The predicted octanol–water partition coefficient (Wildman–Crippen LogP) is 3.21. The van der Waals surface area contributed by atoms with Crippen LogP contribution in [0.2, 0.25) is 25.7 Å². The van der Waals surface area contributed by atoms with Crippen molar-refractivity contribution in [1.82, 2.24) is 4.90 Å². The second-order valence-electron chi connectivity index (χ2n) is 5.28. The zero-order chi connectivity index (χ0) is 12.2. The first-order valence-electron chi connectivity index (χ1n) is 5.69. The van der Waals surface area contributed by atoms with Crippen LogP contribution >= 0.6 is 15.9 Å². The number of nitrogens with zero attached hydrogens (tertiary/aromatic N) is 1. The molecule has 1 aliphatic rings. The first-order chi connectivity index (χ1) is 7.44. The second-order valence-corrected chi connectivity index (χ2v) is 11.7. The molecule has 0 N–H and O–H groups in total. The van der Waals surface area contributed by atoms with Gasteiger partial charge in [0.05, 0.1) is 7.11 Å². The van der Waals surface area contributed by atoms with Crippen LogP contribution in [-0.4, -0.2) is 40.0 Å². The van der Waals surface area contributed by atoms with E-state index in [0.29, 0.717) is 6.73 Å². The third-order valence-corrected chi connectivity index (χ3v) is 5.25. The molecular weight excluding hydrogens is 286 g/mol. The summed E-state index contributed by atoms with van der Waals surface area (Å²) < 4.78 is 12.0. The monoisotopic (exact) mass is 307 g/mol. The van der Waals surface area contributed by atoms with Gasteiger partial charge in [0, 0.05) is 27.6 Å². The Balaban J connectivity index is 2.22. The van der Waals surface area contributed by atoms with Crippen molar-refractivity contribution in [3.05, 3.63) is 10.4 Å². The quantitative estimate of drug-likeness (QED) is 0.427. The molecule has 0 spiro atoms. The van der Waals surface area contributed by atoms with E-state index in [9.17, 15) is 0 Å². The lowest BCUT2D eigenvalue weighted by atomic mass is 10.4. The van der Waals surface area contributed by atoms with E-state index in [-0.39, 0.29) is 0 Å². The normalized spacial score (nSPS) is 17.2. The summed E-state index contributed by atoms with van der Waals surface area (Å²) in [5.74, 6) is 1.02. The molecule has 0 saturated heterocycles. The molecule has 16 heavy (non-hydrogen) atoms. The zero-order valence-electron chi connectivity index (χ0n) is 10.7. The van der Waals surface area contributed by atoms with Crippen molar-refractivity contribution in [3.63, 3.8) is 0 Å². The predicted molar refractivity (Wildman–Crippen MR) is 73.3 cm³/mol. The molecule has 0 fully saturated rings. The largest absolute Gasteiger partial charge is 0.498 e. The topological polar surface area (TPSA) is 21.7 Å². The highest BCUT2D eigenvalue weighted by molar-refractivity contribution is 9.11. The molecule has 0 aromatic carbocycles.